The van der Waals surface area contributed by atoms with Gasteiger partial charge in [0.25, 0.3) is 5.69 Å². The number of carbonyl (C=O) groups is 1. The number of nitrogens with zero attached hydrogens (tertiary/aromatic N) is 2. The summed E-state index contributed by atoms with van der Waals surface area (Å²) >= 11 is 1.89. The molecular formula is C20H23N3O4S. The highest BCUT2D eigenvalue weighted by Crippen LogP contribution is 2.31. The molecule has 1 aliphatic rings. The zero-order valence-corrected chi connectivity index (χ0v) is 16.7. The Morgan fingerprint density at radius 2 is 2.07 bits per heavy atom. The fourth-order valence-corrected chi connectivity index (χ4v) is 4.35. The second-order valence-electron chi connectivity index (χ2n) is 6.66. The van der Waals surface area contributed by atoms with Gasteiger partial charge in [0.05, 0.1) is 30.3 Å². The summed E-state index contributed by atoms with van der Waals surface area (Å²) in [5.74, 6) is 2.02. The SMILES string of the molecule is COc1cc([N+](=O)[O-])ccc1NC(=O)CN1CCSCC1c1ccc(C)cc1. The molecule has 1 fully saturated rings. The minimum Gasteiger partial charge on any atom is -0.494 e. The molecule has 1 heterocycles. The van der Waals surface area contributed by atoms with E-state index in [1.54, 1.807) is 0 Å². The normalized spacial score (nSPS) is 17.1. The number of methoxy groups -OCH3 is 1. The van der Waals surface area contributed by atoms with Crippen molar-refractivity contribution in [1.29, 1.82) is 0 Å². The van der Waals surface area contributed by atoms with Crippen molar-refractivity contribution < 1.29 is 14.5 Å². The zero-order chi connectivity index (χ0) is 20.1. The maximum atomic E-state index is 12.6. The number of nitrogens with one attached hydrogen (secondary N) is 1. The average Bonchev–Trinajstić information content (AvgIpc) is 2.69. The number of anilines is 1. The molecule has 148 valence electrons. The van der Waals surface area contributed by atoms with Crippen molar-refractivity contribution in [3.63, 3.8) is 0 Å². The van der Waals surface area contributed by atoms with E-state index in [-0.39, 0.29) is 29.9 Å². The van der Waals surface area contributed by atoms with Gasteiger partial charge in [0, 0.05) is 30.2 Å². The number of nitro benzene ring substituents is 1. The minimum absolute atomic E-state index is 0.0812. The van der Waals surface area contributed by atoms with Crippen LogP contribution < -0.4 is 10.1 Å². The van der Waals surface area contributed by atoms with E-state index in [0.29, 0.717) is 5.69 Å². The van der Waals surface area contributed by atoms with Crippen LogP contribution in [-0.2, 0) is 4.79 Å². The first kappa shape index (κ1) is 20.2. The summed E-state index contributed by atoms with van der Waals surface area (Å²) in [6.45, 7) is 3.13. The Kier molecular flexibility index (Phi) is 6.53. The van der Waals surface area contributed by atoms with E-state index in [9.17, 15) is 14.9 Å². The van der Waals surface area contributed by atoms with Gasteiger partial charge in [-0.15, -0.1) is 0 Å². The Labute approximate surface area is 168 Å². The van der Waals surface area contributed by atoms with Gasteiger partial charge < -0.3 is 10.1 Å². The van der Waals surface area contributed by atoms with Crippen LogP contribution in [0.2, 0.25) is 0 Å². The summed E-state index contributed by atoms with van der Waals surface area (Å²) in [7, 11) is 1.42. The number of hydrogen-bond acceptors (Lipinski definition) is 6. The van der Waals surface area contributed by atoms with Crippen molar-refractivity contribution in [3.8, 4) is 5.75 Å². The van der Waals surface area contributed by atoms with Gasteiger partial charge in [-0.05, 0) is 18.6 Å². The first-order valence-electron chi connectivity index (χ1n) is 8.98. The third kappa shape index (κ3) is 4.82. The molecule has 0 aromatic heterocycles. The number of rotatable bonds is 6. The van der Waals surface area contributed by atoms with Crippen LogP contribution in [-0.4, -0.2) is 47.4 Å². The van der Waals surface area contributed by atoms with Crippen LogP contribution in [0.15, 0.2) is 42.5 Å². The van der Waals surface area contributed by atoms with Gasteiger partial charge >= 0.3 is 0 Å². The maximum absolute atomic E-state index is 12.6. The van der Waals surface area contributed by atoms with Crippen LogP contribution in [0.25, 0.3) is 0 Å². The summed E-state index contributed by atoms with van der Waals surface area (Å²) in [6.07, 6.45) is 0. The fraction of sp³-hybridized carbons (Fsp3) is 0.350. The van der Waals surface area contributed by atoms with Gasteiger partial charge in [0.1, 0.15) is 5.75 Å². The molecule has 1 unspecified atom stereocenters. The highest BCUT2D eigenvalue weighted by molar-refractivity contribution is 7.99. The second-order valence-corrected chi connectivity index (χ2v) is 7.81. The lowest BCUT2D eigenvalue weighted by Crippen LogP contribution is -2.41. The number of thioether (sulfide) groups is 1. The summed E-state index contributed by atoms with van der Waals surface area (Å²) < 4.78 is 5.19. The van der Waals surface area contributed by atoms with Gasteiger partial charge in [-0.25, -0.2) is 0 Å². The molecule has 0 bridgehead atoms. The number of ether oxygens (including phenoxy) is 1. The van der Waals surface area contributed by atoms with E-state index < -0.39 is 4.92 Å². The molecule has 1 amide bonds. The number of amides is 1. The van der Waals surface area contributed by atoms with E-state index in [0.717, 1.165) is 18.1 Å². The number of hydrogen-bond donors (Lipinski definition) is 1. The number of carbonyl (C=O) groups excluding carboxylic acids is 1. The fourth-order valence-electron chi connectivity index (χ4n) is 3.19. The van der Waals surface area contributed by atoms with Crippen molar-refractivity contribution in [2.24, 2.45) is 0 Å². The van der Waals surface area contributed by atoms with E-state index in [1.165, 1.54) is 36.4 Å². The van der Waals surface area contributed by atoms with Gasteiger partial charge in [-0.3, -0.25) is 19.8 Å². The molecule has 7 nitrogen and oxygen atoms in total. The van der Waals surface area contributed by atoms with E-state index in [2.05, 4.69) is 41.4 Å². The van der Waals surface area contributed by atoms with Crippen molar-refractivity contribution in [3.05, 3.63) is 63.7 Å². The molecule has 2 aromatic carbocycles. The van der Waals surface area contributed by atoms with Crippen LogP contribution in [0.1, 0.15) is 17.2 Å². The lowest BCUT2D eigenvalue weighted by atomic mass is 10.0. The number of aryl methyl sites for hydroxylation is 1. The third-order valence-electron chi connectivity index (χ3n) is 4.72. The minimum atomic E-state index is -0.494. The molecule has 1 saturated heterocycles. The Morgan fingerprint density at radius 3 is 2.75 bits per heavy atom. The van der Waals surface area contributed by atoms with Crippen molar-refractivity contribution in [1.82, 2.24) is 4.90 Å². The lowest BCUT2D eigenvalue weighted by molar-refractivity contribution is -0.384. The van der Waals surface area contributed by atoms with Gasteiger partial charge in [-0.2, -0.15) is 11.8 Å². The highest BCUT2D eigenvalue weighted by atomic mass is 32.2. The molecule has 3 rings (SSSR count). The van der Waals surface area contributed by atoms with Crippen LogP contribution in [0.4, 0.5) is 11.4 Å². The summed E-state index contributed by atoms with van der Waals surface area (Å²) in [5.41, 5.74) is 2.76. The van der Waals surface area contributed by atoms with E-state index in [1.807, 2.05) is 11.8 Å². The van der Waals surface area contributed by atoms with Gasteiger partial charge in [0.2, 0.25) is 5.91 Å². The lowest BCUT2D eigenvalue weighted by Gasteiger charge is -2.35. The molecule has 1 N–H and O–H groups in total. The Morgan fingerprint density at radius 1 is 1.32 bits per heavy atom. The number of non-ortho nitro benzene ring substituents is 1. The maximum Gasteiger partial charge on any atom is 0.273 e. The molecule has 0 spiro atoms. The molecule has 0 saturated carbocycles. The molecule has 28 heavy (non-hydrogen) atoms. The van der Waals surface area contributed by atoms with E-state index >= 15 is 0 Å². The molecular weight excluding hydrogens is 378 g/mol. The predicted octanol–water partition coefficient (Wildman–Crippen LogP) is 3.64. The molecule has 0 radical (unpaired) electrons. The average molecular weight is 401 g/mol. The van der Waals surface area contributed by atoms with Crippen molar-refractivity contribution in [2.75, 3.05) is 37.0 Å². The predicted molar refractivity (Wildman–Crippen MR) is 111 cm³/mol. The summed E-state index contributed by atoms with van der Waals surface area (Å²) in [4.78, 5) is 25.2. The summed E-state index contributed by atoms with van der Waals surface area (Å²) in [5, 5.41) is 13.7. The Hall–Kier alpha value is -2.58. The first-order valence-corrected chi connectivity index (χ1v) is 10.1. The standard InChI is InChI=1S/C20H23N3O4S/c1-14-3-5-15(6-4-14)18-13-28-10-9-22(18)12-20(24)21-17-8-7-16(23(25)26)11-19(17)27-2/h3-8,11,18H,9-10,12-13H2,1-2H3,(H,21,24). The highest BCUT2D eigenvalue weighted by Gasteiger charge is 2.26. The van der Waals surface area contributed by atoms with Crippen molar-refractivity contribution in [2.45, 2.75) is 13.0 Å². The number of nitro groups is 1. The molecule has 8 heteroatoms. The molecule has 1 atom stereocenters. The van der Waals surface area contributed by atoms with Gasteiger partial charge in [0.15, 0.2) is 0 Å². The quantitative estimate of drug-likeness (QED) is 0.588. The van der Waals surface area contributed by atoms with Crippen LogP contribution >= 0.6 is 11.8 Å². The molecule has 2 aromatic rings. The van der Waals surface area contributed by atoms with Gasteiger partial charge in [-0.1, -0.05) is 29.8 Å². The second kappa shape index (κ2) is 9.07. The zero-order valence-electron chi connectivity index (χ0n) is 15.9. The molecule has 1 aliphatic heterocycles. The topological polar surface area (TPSA) is 84.7 Å². The Bertz CT molecular complexity index is 857. The molecule has 0 aliphatic carbocycles. The Balaban J connectivity index is 1.70. The van der Waals surface area contributed by atoms with Crippen molar-refractivity contribution >= 4 is 29.0 Å². The monoisotopic (exact) mass is 401 g/mol. The van der Waals surface area contributed by atoms with Crippen LogP contribution in [0.3, 0.4) is 0 Å². The smallest absolute Gasteiger partial charge is 0.273 e. The summed E-state index contributed by atoms with van der Waals surface area (Å²) in [6, 6.07) is 12.8. The first-order chi connectivity index (χ1) is 13.5. The van der Waals surface area contributed by atoms with Crippen LogP contribution in [0.5, 0.6) is 5.75 Å². The number of benzene rings is 2. The largest absolute Gasteiger partial charge is 0.494 e. The third-order valence-corrected chi connectivity index (χ3v) is 5.74. The van der Waals surface area contributed by atoms with E-state index in [4.69, 9.17) is 4.74 Å². The van der Waals surface area contributed by atoms with Crippen LogP contribution in [0, 0.1) is 17.0 Å².